The highest BCUT2D eigenvalue weighted by molar-refractivity contribution is 7.11. The summed E-state index contributed by atoms with van der Waals surface area (Å²) >= 11 is 1.52. The fourth-order valence-corrected chi connectivity index (χ4v) is 3.31. The molecule has 2 heterocycles. The minimum atomic E-state index is -0.345. The van der Waals surface area contributed by atoms with Crippen LogP contribution in [0.5, 0.6) is 0 Å². The monoisotopic (exact) mass is 311 g/mol. The van der Waals surface area contributed by atoms with Gasteiger partial charge in [0.2, 0.25) is 0 Å². The van der Waals surface area contributed by atoms with E-state index in [1.807, 2.05) is 0 Å². The molecule has 0 aromatic carbocycles. The van der Waals surface area contributed by atoms with Crippen LogP contribution in [0.2, 0.25) is 0 Å². The van der Waals surface area contributed by atoms with Crippen molar-refractivity contribution >= 4 is 23.3 Å². The van der Waals surface area contributed by atoms with E-state index in [9.17, 15) is 9.59 Å². The number of carbonyl (C=O) groups excluding carboxylic acids is 2. The standard InChI is InChI=1S/C14H17NO5S/c1-2-19-13(16)8-5-9(8)14(17)20-7-12-15-10-3-4-18-6-11(10)21-12/h8-9H,2-7H2,1H3/t8-,9-/m1/s1. The molecule has 6 nitrogen and oxygen atoms in total. The zero-order valence-electron chi connectivity index (χ0n) is 11.8. The van der Waals surface area contributed by atoms with Crippen molar-refractivity contribution in [3.8, 4) is 0 Å². The van der Waals surface area contributed by atoms with Gasteiger partial charge in [-0.1, -0.05) is 0 Å². The minimum absolute atomic E-state index is 0.169. The SMILES string of the molecule is CCOC(=O)[C@@H]1C[C@H]1C(=O)OCc1nc2c(s1)COCC2. The normalized spacial score (nSPS) is 23.3. The summed E-state index contributed by atoms with van der Waals surface area (Å²) in [5, 5.41) is 0.784. The lowest BCUT2D eigenvalue weighted by Crippen LogP contribution is -2.13. The van der Waals surface area contributed by atoms with Crippen LogP contribution in [0.4, 0.5) is 0 Å². The van der Waals surface area contributed by atoms with Crippen molar-refractivity contribution in [1.82, 2.24) is 4.98 Å². The second-order valence-corrected chi connectivity index (χ2v) is 6.26. The second-order valence-electron chi connectivity index (χ2n) is 5.09. The summed E-state index contributed by atoms with van der Waals surface area (Å²) in [6.07, 6.45) is 1.34. The second kappa shape index (κ2) is 6.11. The fourth-order valence-electron chi connectivity index (χ4n) is 2.35. The van der Waals surface area contributed by atoms with Crippen LogP contribution in [0.1, 0.15) is 28.9 Å². The Labute approximate surface area is 126 Å². The Morgan fingerprint density at radius 1 is 1.33 bits per heavy atom. The van der Waals surface area contributed by atoms with E-state index < -0.39 is 0 Å². The molecule has 3 rings (SSSR count). The van der Waals surface area contributed by atoms with E-state index in [4.69, 9.17) is 14.2 Å². The molecule has 1 aliphatic heterocycles. The summed E-state index contributed by atoms with van der Waals surface area (Å²) in [6, 6.07) is 0. The molecule has 0 amide bonds. The molecule has 1 saturated carbocycles. The fraction of sp³-hybridized carbons (Fsp3) is 0.643. The van der Waals surface area contributed by atoms with Crippen LogP contribution in [0.25, 0.3) is 0 Å². The smallest absolute Gasteiger partial charge is 0.310 e. The summed E-state index contributed by atoms with van der Waals surface area (Å²) in [5.41, 5.74) is 1.05. The predicted molar refractivity (Wildman–Crippen MR) is 73.5 cm³/mol. The number of aromatic nitrogens is 1. The number of hydrogen-bond donors (Lipinski definition) is 0. The van der Waals surface area contributed by atoms with Crippen molar-refractivity contribution in [2.75, 3.05) is 13.2 Å². The third-order valence-corrected chi connectivity index (χ3v) is 4.60. The van der Waals surface area contributed by atoms with E-state index in [-0.39, 0.29) is 30.4 Å². The molecule has 0 bridgehead atoms. The van der Waals surface area contributed by atoms with Gasteiger partial charge >= 0.3 is 11.9 Å². The molecule has 114 valence electrons. The average Bonchev–Trinajstić information content (AvgIpc) is 3.18. The van der Waals surface area contributed by atoms with Gasteiger partial charge in [0.05, 0.1) is 42.2 Å². The van der Waals surface area contributed by atoms with Gasteiger partial charge in [0.25, 0.3) is 0 Å². The molecule has 1 aromatic rings. The van der Waals surface area contributed by atoms with Crippen molar-refractivity contribution in [3.63, 3.8) is 0 Å². The van der Waals surface area contributed by atoms with Gasteiger partial charge < -0.3 is 14.2 Å². The number of rotatable bonds is 5. The van der Waals surface area contributed by atoms with Crippen molar-refractivity contribution in [3.05, 3.63) is 15.6 Å². The maximum Gasteiger partial charge on any atom is 0.310 e. The molecule has 0 unspecified atom stereocenters. The lowest BCUT2D eigenvalue weighted by molar-refractivity contribution is -0.151. The summed E-state index contributed by atoms with van der Waals surface area (Å²) in [6.45, 7) is 3.54. The van der Waals surface area contributed by atoms with Crippen LogP contribution in [0.15, 0.2) is 0 Å². The molecular formula is C14H17NO5S. The third-order valence-electron chi connectivity index (χ3n) is 3.56. The molecule has 2 atom stereocenters. The maximum absolute atomic E-state index is 11.9. The summed E-state index contributed by atoms with van der Waals surface area (Å²) < 4.78 is 15.5. The van der Waals surface area contributed by atoms with Crippen molar-refractivity contribution in [1.29, 1.82) is 0 Å². The van der Waals surface area contributed by atoms with Gasteiger partial charge in [0.1, 0.15) is 11.6 Å². The van der Waals surface area contributed by atoms with Gasteiger partial charge in [-0.15, -0.1) is 11.3 Å². The van der Waals surface area contributed by atoms with Crippen LogP contribution in [0.3, 0.4) is 0 Å². The molecule has 0 saturated heterocycles. The lowest BCUT2D eigenvalue weighted by Gasteiger charge is -2.08. The van der Waals surface area contributed by atoms with Crippen LogP contribution >= 0.6 is 11.3 Å². The number of thiazole rings is 1. The molecule has 1 aromatic heterocycles. The predicted octanol–water partition coefficient (Wildman–Crippen LogP) is 1.46. The van der Waals surface area contributed by atoms with E-state index in [1.54, 1.807) is 6.92 Å². The van der Waals surface area contributed by atoms with E-state index >= 15 is 0 Å². The highest BCUT2D eigenvalue weighted by Crippen LogP contribution is 2.40. The Morgan fingerprint density at radius 3 is 2.81 bits per heavy atom. The Bertz CT molecular complexity index is 532. The largest absolute Gasteiger partial charge is 0.466 e. The van der Waals surface area contributed by atoms with Crippen LogP contribution in [-0.4, -0.2) is 30.1 Å². The molecular weight excluding hydrogens is 294 g/mol. The maximum atomic E-state index is 11.9. The van der Waals surface area contributed by atoms with Crippen LogP contribution in [-0.2, 0) is 43.4 Å². The van der Waals surface area contributed by atoms with E-state index in [1.165, 1.54) is 11.3 Å². The van der Waals surface area contributed by atoms with Gasteiger partial charge in [0.15, 0.2) is 0 Å². The van der Waals surface area contributed by atoms with Gasteiger partial charge in [-0.3, -0.25) is 9.59 Å². The zero-order chi connectivity index (χ0) is 14.8. The van der Waals surface area contributed by atoms with E-state index in [2.05, 4.69) is 4.98 Å². The van der Waals surface area contributed by atoms with Gasteiger partial charge in [-0.25, -0.2) is 4.98 Å². The summed E-state index contributed by atoms with van der Waals surface area (Å²) in [4.78, 5) is 28.9. The molecule has 7 heteroatoms. The topological polar surface area (TPSA) is 74.7 Å². The van der Waals surface area contributed by atoms with Gasteiger partial charge in [-0.2, -0.15) is 0 Å². The van der Waals surface area contributed by atoms with Crippen molar-refractivity contribution in [2.24, 2.45) is 11.8 Å². The third kappa shape index (κ3) is 3.24. The Balaban J connectivity index is 1.48. The number of carbonyl (C=O) groups is 2. The zero-order valence-corrected chi connectivity index (χ0v) is 12.6. The number of fused-ring (bicyclic) bond motifs is 1. The van der Waals surface area contributed by atoms with Crippen molar-refractivity contribution < 1.29 is 23.8 Å². The van der Waals surface area contributed by atoms with Crippen LogP contribution < -0.4 is 0 Å². The molecule has 1 fully saturated rings. The lowest BCUT2D eigenvalue weighted by atomic mass is 10.2. The number of nitrogens with zero attached hydrogens (tertiary/aromatic N) is 1. The van der Waals surface area contributed by atoms with Gasteiger partial charge in [-0.05, 0) is 13.3 Å². The first kappa shape index (κ1) is 14.5. The van der Waals surface area contributed by atoms with Crippen LogP contribution in [0, 0.1) is 11.8 Å². The Hall–Kier alpha value is -1.47. The molecule has 2 aliphatic rings. The Morgan fingerprint density at radius 2 is 2.10 bits per heavy atom. The first-order valence-corrected chi connectivity index (χ1v) is 7.89. The number of esters is 2. The number of hydrogen-bond acceptors (Lipinski definition) is 7. The van der Waals surface area contributed by atoms with E-state index in [0.717, 1.165) is 22.0 Å². The quantitative estimate of drug-likeness (QED) is 0.766. The number of ether oxygens (including phenoxy) is 3. The first-order chi connectivity index (χ1) is 10.2. The van der Waals surface area contributed by atoms with Gasteiger partial charge in [0, 0.05) is 6.42 Å². The summed E-state index contributed by atoms with van der Waals surface area (Å²) in [7, 11) is 0. The molecule has 1 aliphatic carbocycles. The first-order valence-electron chi connectivity index (χ1n) is 7.07. The Kier molecular flexibility index (Phi) is 4.21. The van der Waals surface area contributed by atoms with E-state index in [0.29, 0.717) is 26.2 Å². The highest BCUT2D eigenvalue weighted by atomic mass is 32.1. The highest BCUT2D eigenvalue weighted by Gasteiger charge is 2.50. The molecule has 0 N–H and O–H groups in total. The molecule has 21 heavy (non-hydrogen) atoms. The summed E-state index contributed by atoms with van der Waals surface area (Å²) in [5.74, 6) is -1.31. The average molecular weight is 311 g/mol. The molecule has 0 radical (unpaired) electrons. The van der Waals surface area contributed by atoms with Crippen molar-refractivity contribution in [2.45, 2.75) is 33.0 Å². The minimum Gasteiger partial charge on any atom is -0.466 e. The molecule has 0 spiro atoms.